The second-order valence-corrected chi connectivity index (χ2v) is 5.05. The first-order valence-corrected chi connectivity index (χ1v) is 5.81. The van der Waals surface area contributed by atoms with E-state index in [9.17, 15) is 0 Å². The zero-order chi connectivity index (χ0) is 11.1. The maximum Gasteiger partial charge on any atom is 0.0984 e. The van der Waals surface area contributed by atoms with Gasteiger partial charge in [0, 0.05) is 0 Å². The normalized spacial score (nSPS) is 18.5. The van der Waals surface area contributed by atoms with Gasteiger partial charge in [0.15, 0.2) is 0 Å². The zero-order valence-corrected chi connectivity index (χ0v) is 10.1. The van der Waals surface area contributed by atoms with Crippen LogP contribution in [0.1, 0.15) is 38.8 Å². The Balaban J connectivity index is 2.54. The molecular weight excluding hydrogens is 184 g/mol. The van der Waals surface area contributed by atoms with Gasteiger partial charge in [-0.15, -0.1) is 0 Å². The summed E-state index contributed by atoms with van der Waals surface area (Å²) in [5.74, 6) is 1.03. The number of hydrogen-bond acceptors (Lipinski definition) is 1. The Labute approximate surface area is 92.5 Å². The summed E-state index contributed by atoms with van der Waals surface area (Å²) in [6.07, 6.45) is 0. The van der Waals surface area contributed by atoms with Gasteiger partial charge in [-0.3, -0.25) is 0 Å². The minimum atomic E-state index is -0.0728. The van der Waals surface area contributed by atoms with E-state index in [4.69, 9.17) is 4.74 Å². The van der Waals surface area contributed by atoms with Crippen molar-refractivity contribution in [1.82, 2.24) is 0 Å². The van der Waals surface area contributed by atoms with Gasteiger partial charge in [0.05, 0.1) is 12.2 Å². The number of benzene rings is 1. The zero-order valence-electron chi connectivity index (χ0n) is 10.1. The van der Waals surface area contributed by atoms with E-state index in [0.717, 1.165) is 6.61 Å². The predicted octanol–water partition coefficient (Wildman–Crippen LogP) is 3.72. The highest BCUT2D eigenvalue weighted by Crippen LogP contribution is 2.47. The summed E-state index contributed by atoms with van der Waals surface area (Å²) in [5, 5.41) is 0. The maximum absolute atomic E-state index is 6.13. The predicted molar refractivity (Wildman–Crippen MR) is 62.6 cm³/mol. The molecule has 1 heterocycles. The molecule has 82 valence electrons. The smallest absolute Gasteiger partial charge is 0.0984 e. The van der Waals surface area contributed by atoms with Gasteiger partial charge in [-0.1, -0.05) is 52.0 Å². The van der Waals surface area contributed by atoms with Crippen molar-refractivity contribution in [1.29, 1.82) is 0 Å². The topological polar surface area (TPSA) is 9.23 Å². The van der Waals surface area contributed by atoms with Crippen LogP contribution in [0.2, 0.25) is 0 Å². The van der Waals surface area contributed by atoms with Gasteiger partial charge in [-0.25, -0.2) is 0 Å². The third-order valence-corrected chi connectivity index (χ3v) is 3.62. The molecule has 0 unspecified atom stereocenters. The average molecular weight is 204 g/mol. The van der Waals surface area contributed by atoms with E-state index in [1.54, 1.807) is 0 Å². The van der Waals surface area contributed by atoms with Gasteiger partial charge in [-0.05, 0) is 23.0 Å². The largest absolute Gasteiger partial charge is 0.365 e. The summed E-state index contributed by atoms with van der Waals surface area (Å²) in [6, 6.07) is 8.62. The molecule has 0 radical (unpaired) electrons. The number of ether oxygens (including phenoxy) is 1. The lowest BCUT2D eigenvalue weighted by Crippen LogP contribution is -2.37. The molecule has 1 heteroatoms. The Morgan fingerprint density at radius 2 is 1.67 bits per heavy atom. The van der Waals surface area contributed by atoms with Crippen LogP contribution in [0.4, 0.5) is 0 Å². The van der Waals surface area contributed by atoms with E-state index < -0.39 is 0 Å². The molecule has 2 rings (SSSR count). The van der Waals surface area contributed by atoms with Crippen LogP contribution >= 0.6 is 0 Å². The van der Waals surface area contributed by atoms with Crippen LogP contribution in [-0.4, -0.2) is 0 Å². The SMILES string of the molecule is CC(C)C1(C(C)C)OCc2ccccc21. The molecule has 1 aromatic carbocycles. The molecule has 0 saturated heterocycles. The van der Waals surface area contributed by atoms with Crippen molar-refractivity contribution in [3.63, 3.8) is 0 Å². The number of hydrogen-bond donors (Lipinski definition) is 0. The molecule has 0 fully saturated rings. The Morgan fingerprint density at radius 3 is 2.27 bits per heavy atom. The molecule has 1 aliphatic heterocycles. The summed E-state index contributed by atoms with van der Waals surface area (Å²) in [7, 11) is 0. The van der Waals surface area contributed by atoms with Crippen molar-refractivity contribution in [3.05, 3.63) is 35.4 Å². The van der Waals surface area contributed by atoms with Gasteiger partial charge < -0.3 is 4.74 Å². The highest BCUT2D eigenvalue weighted by atomic mass is 16.5. The minimum absolute atomic E-state index is 0.0728. The molecule has 0 aromatic heterocycles. The molecule has 0 spiro atoms. The summed E-state index contributed by atoms with van der Waals surface area (Å²) >= 11 is 0. The molecule has 1 aromatic rings. The minimum Gasteiger partial charge on any atom is -0.365 e. The first kappa shape index (κ1) is 10.7. The molecule has 0 aliphatic carbocycles. The average Bonchev–Trinajstić information content (AvgIpc) is 2.57. The first-order valence-electron chi connectivity index (χ1n) is 5.81. The van der Waals surface area contributed by atoms with Crippen LogP contribution in [0.15, 0.2) is 24.3 Å². The summed E-state index contributed by atoms with van der Waals surface area (Å²) in [4.78, 5) is 0. The van der Waals surface area contributed by atoms with E-state index in [0.29, 0.717) is 11.8 Å². The van der Waals surface area contributed by atoms with Crippen LogP contribution in [0.3, 0.4) is 0 Å². The molecule has 15 heavy (non-hydrogen) atoms. The number of fused-ring (bicyclic) bond motifs is 1. The summed E-state index contributed by atoms with van der Waals surface area (Å²) in [6.45, 7) is 9.78. The van der Waals surface area contributed by atoms with Gasteiger partial charge in [-0.2, -0.15) is 0 Å². The van der Waals surface area contributed by atoms with Crippen molar-refractivity contribution in [2.45, 2.75) is 39.9 Å². The summed E-state index contributed by atoms with van der Waals surface area (Å²) in [5.41, 5.74) is 2.69. The second kappa shape index (κ2) is 3.64. The molecule has 0 amide bonds. The first-order chi connectivity index (χ1) is 7.09. The van der Waals surface area contributed by atoms with Crippen molar-refractivity contribution >= 4 is 0 Å². The van der Waals surface area contributed by atoms with Crippen LogP contribution in [-0.2, 0) is 16.9 Å². The Hall–Kier alpha value is -0.820. The Morgan fingerprint density at radius 1 is 1.07 bits per heavy atom. The fourth-order valence-electron chi connectivity index (χ4n) is 2.92. The molecule has 0 saturated carbocycles. The van der Waals surface area contributed by atoms with Gasteiger partial charge in [0.25, 0.3) is 0 Å². The maximum atomic E-state index is 6.13. The van der Waals surface area contributed by atoms with E-state index in [1.807, 2.05) is 0 Å². The standard InChI is InChI=1S/C14H20O/c1-10(2)14(11(3)4)13-8-6-5-7-12(13)9-15-14/h5-8,10-11H,9H2,1-4H3. The highest BCUT2D eigenvalue weighted by molar-refractivity contribution is 5.36. The van der Waals surface area contributed by atoms with Crippen LogP contribution < -0.4 is 0 Å². The van der Waals surface area contributed by atoms with Crippen LogP contribution in [0, 0.1) is 11.8 Å². The lowest BCUT2D eigenvalue weighted by molar-refractivity contribution is -0.106. The molecule has 0 bridgehead atoms. The third kappa shape index (κ3) is 1.41. The Bertz CT molecular complexity index is 344. The lowest BCUT2D eigenvalue weighted by Gasteiger charge is -2.37. The van der Waals surface area contributed by atoms with E-state index >= 15 is 0 Å². The van der Waals surface area contributed by atoms with Gasteiger partial charge >= 0.3 is 0 Å². The molecule has 0 N–H and O–H groups in total. The van der Waals surface area contributed by atoms with Gasteiger partial charge in [0.1, 0.15) is 0 Å². The highest BCUT2D eigenvalue weighted by Gasteiger charge is 2.44. The number of rotatable bonds is 2. The summed E-state index contributed by atoms with van der Waals surface area (Å²) < 4.78 is 6.13. The van der Waals surface area contributed by atoms with Crippen molar-refractivity contribution in [2.75, 3.05) is 0 Å². The molecule has 1 aliphatic rings. The molecule has 0 atom stereocenters. The third-order valence-electron chi connectivity index (χ3n) is 3.62. The fraction of sp³-hybridized carbons (Fsp3) is 0.571. The van der Waals surface area contributed by atoms with E-state index in [-0.39, 0.29) is 5.60 Å². The van der Waals surface area contributed by atoms with E-state index in [1.165, 1.54) is 11.1 Å². The molecule has 1 nitrogen and oxygen atoms in total. The van der Waals surface area contributed by atoms with Gasteiger partial charge in [0.2, 0.25) is 0 Å². The van der Waals surface area contributed by atoms with Crippen molar-refractivity contribution in [2.24, 2.45) is 11.8 Å². The van der Waals surface area contributed by atoms with Crippen LogP contribution in [0.25, 0.3) is 0 Å². The van der Waals surface area contributed by atoms with Crippen molar-refractivity contribution in [3.8, 4) is 0 Å². The van der Waals surface area contributed by atoms with Crippen molar-refractivity contribution < 1.29 is 4.74 Å². The fourth-order valence-corrected chi connectivity index (χ4v) is 2.92. The van der Waals surface area contributed by atoms with Crippen LogP contribution in [0.5, 0.6) is 0 Å². The Kier molecular flexibility index (Phi) is 2.59. The second-order valence-electron chi connectivity index (χ2n) is 5.05. The quantitative estimate of drug-likeness (QED) is 0.713. The van der Waals surface area contributed by atoms with E-state index in [2.05, 4.69) is 52.0 Å². The molecular formula is C14H20O. The monoisotopic (exact) mass is 204 g/mol. The lowest BCUT2D eigenvalue weighted by atomic mass is 9.75.